The third-order valence-corrected chi connectivity index (χ3v) is 4.59. The van der Waals surface area contributed by atoms with Gasteiger partial charge in [-0.25, -0.2) is 4.79 Å². The van der Waals surface area contributed by atoms with Crippen LogP contribution < -0.4 is 5.32 Å². The maximum Gasteiger partial charge on any atom is 0.335 e. The van der Waals surface area contributed by atoms with Crippen molar-refractivity contribution in [3.8, 4) is 0 Å². The molecule has 0 saturated heterocycles. The minimum absolute atomic E-state index is 0.136. The van der Waals surface area contributed by atoms with Gasteiger partial charge in [-0.2, -0.15) is 0 Å². The van der Waals surface area contributed by atoms with Gasteiger partial charge in [-0.1, -0.05) is 37.1 Å². The molecule has 0 spiro atoms. The van der Waals surface area contributed by atoms with Crippen molar-refractivity contribution in [1.29, 1.82) is 0 Å². The number of benzene rings is 2. The minimum Gasteiger partial charge on any atom is -0.478 e. The summed E-state index contributed by atoms with van der Waals surface area (Å²) in [5.41, 5.74) is 2.82. The largest absolute Gasteiger partial charge is 0.478 e. The van der Waals surface area contributed by atoms with Crippen molar-refractivity contribution in [1.82, 2.24) is 0 Å². The summed E-state index contributed by atoms with van der Waals surface area (Å²) in [6.07, 6.45) is 5.42. The second-order valence-corrected chi connectivity index (χ2v) is 6.64. The van der Waals surface area contributed by atoms with Gasteiger partial charge in [0.1, 0.15) is 0 Å². The van der Waals surface area contributed by atoms with E-state index in [0.29, 0.717) is 12.7 Å². The van der Waals surface area contributed by atoms with Crippen LogP contribution in [0.15, 0.2) is 48.5 Å². The number of carbonyl (C=O) groups excluding carboxylic acids is 1. The van der Waals surface area contributed by atoms with Gasteiger partial charge in [0.2, 0.25) is 5.91 Å². The molecule has 0 atom stereocenters. The van der Waals surface area contributed by atoms with Gasteiger partial charge in [0, 0.05) is 5.69 Å². The van der Waals surface area contributed by atoms with Crippen molar-refractivity contribution in [3.63, 3.8) is 0 Å². The average Bonchev–Trinajstić information content (AvgIpc) is 3.15. The van der Waals surface area contributed by atoms with Crippen molar-refractivity contribution in [2.24, 2.45) is 0 Å². The monoisotopic (exact) mass is 353 g/mol. The number of nitrogens with one attached hydrogen (secondary N) is 1. The molecule has 3 rings (SSSR count). The summed E-state index contributed by atoms with van der Waals surface area (Å²) in [5.74, 6) is -1.11. The first-order valence-electron chi connectivity index (χ1n) is 8.93. The molecule has 0 heterocycles. The molecule has 0 aromatic heterocycles. The molecule has 1 aliphatic rings. The van der Waals surface area contributed by atoms with Gasteiger partial charge in [-0.15, -0.1) is 0 Å². The number of rotatable bonds is 7. The van der Waals surface area contributed by atoms with Gasteiger partial charge in [-0.3, -0.25) is 4.79 Å². The third-order valence-electron chi connectivity index (χ3n) is 4.59. The molecule has 136 valence electrons. The number of amides is 1. The number of hydrogen-bond donors (Lipinski definition) is 2. The first-order chi connectivity index (χ1) is 12.6. The van der Waals surface area contributed by atoms with Crippen molar-refractivity contribution >= 4 is 17.6 Å². The van der Waals surface area contributed by atoms with Gasteiger partial charge >= 0.3 is 5.97 Å². The van der Waals surface area contributed by atoms with E-state index in [4.69, 9.17) is 9.84 Å². The van der Waals surface area contributed by atoms with Gasteiger partial charge < -0.3 is 15.2 Å². The Kier molecular flexibility index (Phi) is 6.02. The summed E-state index contributed by atoms with van der Waals surface area (Å²) in [6.45, 7) is 0.606. The van der Waals surface area contributed by atoms with E-state index in [1.54, 1.807) is 12.1 Å². The summed E-state index contributed by atoms with van der Waals surface area (Å²) in [5, 5.41) is 11.7. The Morgan fingerprint density at radius 2 is 1.58 bits per heavy atom. The summed E-state index contributed by atoms with van der Waals surface area (Å²) in [6, 6.07) is 14.0. The van der Waals surface area contributed by atoms with E-state index in [-0.39, 0.29) is 17.9 Å². The van der Waals surface area contributed by atoms with Crippen LogP contribution >= 0.6 is 0 Å². The number of carbonyl (C=O) groups is 2. The molecule has 1 saturated carbocycles. The number of aromatic carboxylic acids is 1. The third kappa shape index (κ3) is 5.17. The van der Waals surface area contributed by atoms with Crippen molar-refractivity contribution in [3.05, 3.63) is 65.2 Å². The molecule has 5 nitrogen and oxygen atoms in total. The standard InChI is InChI=1S/C21H23NO4/c23-20(13-15-5-9-17(10-6-15)21(24)25)22-18-11-7-16(8-12-18)14-26-19-3-1-2-4-19/h5-12,19H,1-4,13-14H2,(H,22,23)(H,24,25). The van der Waals surface area contributed by atoms with Crippen LogP contribution in [-0.2, 0) is 22.6 Å². The van der Waals surface area contributed by atoms with E-state index in [0.717, 1.165) is 29.7 Å². The lowest BCUT2D eigenvalue weighted by Crippen LogP contribution is -2.14. The molecule has 2 aromatic carbocycles. The normalized spacial score (nSPS) is 14.3. The van der Waals surface area contributed by atoms with Crippen molar-refractivity contribution in [2.45, 2.75) is 44.8 Å². The Balaban J connectivity index is 1.48. The number of hydrogen-bond acceptors (Lipinski definition) is 3. The fourth-order valence-corrected chi connectivity index (χ4v) is 3.11. The molecular weight excluding hydrogens is 330 g/mol. The molecule has 2 aromatic rings. The minimum atomic E-state index is -0.974. The smallest absolute Gasteiger partial charge is 0.335 e. The van der Waals surface area contributed by atoms with Crippen molar-refractivity contribution in [2.75, 3.05) is 5.32 Å². The van der Waals surface area contributed by atoms with E-state index in [2.05, 4.69) is 5.32 Å². The summed E-state index contributed by atoms with van der Waals surface area (Å²) < 4.78 is 5.89. The Morgan fingerprint density at radius 1 is 0.962 bits per heavy atom. The number of carboxylic acid groups (broad SMARTS) is 1. The fraction of sp³-hybridized carbons (Fsp3) is 0.333. The molecule has 0 bridgehead atoms. The zero-order valence-corrected chi connectivity index (χ0v) is 14.6. The van der Waals surface area contributed by atoms with Crippen LogP contribution in [0.5, 0.6) is 0 Å². The van der Waals surface area contributed by atoms with E-state index < -0.39 is 5.97 Å². The van der Waals surface area contributed by atoms with Gasteiger partial charge in [0.15, 0.2) is 0 Å². The topological polar surface area (TPSA) is 75.6 Å². The molecule has 26 heavy (non-hydrogen) atoms. The van der Waals surface area contributed by atoms with Gasteiger partial charge in [-0.05, 0) is 48.2 Å². The SMILES string of the molecule is O=C(Cc1ccc(C(=O)O)cc1)Nc1ccc(COC2CCCC2)cc1. The quantitative estimate of drug-likeness (QED) is 0.788. The van der Waals surface area contributed by atoms with Crippen LogP contribution in [0, 0.1) is 0 Å². The van der Waals surface area contributed by atoms with E-state index >= 15 is 0 Å². The summed E-state index contributed by atoms with van der Waals surface area (Å²) in [7, 11) is 0. The van der Waals surface area contributed by atoms with Crippen LogP contribution in [0.1, 0.15) is 47.2 Å². The molecule has 0 aliphatic heterocycles. The van der Waals surface area contributed by atoms with E-state index in [1.165, 1.54) is 25.0 Å². The maximum atomic E-state index is 12.1. The molecule has 0 unspecified atom stereocenters. The molecular formula is C21H23NO4. The highest BCUT2D eigenvalue weighted by Gasteiger charge is 2.15. The predicted octanol–water partition coefficient (Wildman–Crippen LogP) is 4.03. The second kappa shape index (κ2) is 8.63. The molecule has 2 N–H and O–H groups in total. The van der Waals surface area contributed by atoms with Crippen LogP contribution in [0.3, 0.4) is 0 Å². The lowest BCUT2D eigenvalue weighted by Gasteiger charge is -2.11. The number of carboxylic acids is 1. The Labute approximate surface area is 153 Å². The maximum absolute atomic E-state index is 12.1. The van der Waals surface area contributed by atoms with Crippen LogP contribution in [0.4, 0.5) is 5.69 Å². The first kappa shape index (κ1) is 18.1. The Bertz CT molecular complexity index is 747. The lowest BCUT2D eigenvalue weighted by molar-refractivity contribution is -0.115. The second-order valence-electron chi connectivity index (χ2n) is 6.64. The van der Waals surface area contributed by atoms with E-state index in [1.807, 2.05) is 24.3 Å². The number of anilines is 1. The average molecular weight is 353 g/mol. The molecule has 1 aliphatic carbocycles. The van der Waals surface area contributed by atoms with Crippen LogP contribution in [-0.4, -0.2) is 23.1 Å². The molecule has 0 radical (unpaired) electrons. The molecule has 1 fully saturated rings. The highest BCUT2D eigenvalue weighted by Crippen LogP contribution is 2.22. The Morgan fingerprint density at radius 3 is 2.19 bits per heavy atom. The molecule has 1 amide bonds. The Hall–Kier alpha value is -2.66. The summed E-state index contributed by atoms with van der Waals surface area (Å²) >= 11 is 0. The lowest BCUT2D eigenvalue weighted by atomic mass is 10.1. The zero-order chi connectivity index (χ0) is 18.4. The van der Waals surface area contributed by atoms with Crippen LogP contribution in [0.2, 0.25) is 0 Å². The molecule has 5 heteroatoms. The number of ether oxygens (including phenoxy) is 1. The highest BCUT2D eigenvalue weighted by molar-refractivity contribution is 5.92. The first-order valence-corrected chi connectivity index (χ1v) is 8.93. The van der Waals surface area contributed by atoms with Crippen LogP contribution in [0.25, 0.3) is 0 Å². The predicted molar refractivity (Wildman–Crippen MR) is 99.2 cm³/mol. The van der Waals surface area contributed by atoms with E-state index in [9.17, 15) is 9.59 Å². The van der Waals surface area contributed by atoms with Gasteiger partial charge in [0.05, 0.1) is 24.7 Å². The summed E-state index contributed by atoms with van der Waals surface area (Å²) in [4.78, 5) is 23.0. The highest BCUT2D eigenvalue weighted by atomic mass is 16.5. The van der Waals surface area contributed by atoms with Crippen molar-refractivity contribution < 1.29 is 19.4 Å². The zero-order valence-electron chi connectivity index (χ0n) is 14.6. The fourth-order valence-electron chi connectivity index (χ4n) is 3.11. The van der Waals surface area contributed by atoms with Gasteiger partial charge in [0.25, 0.3) is 0 Å².